The summed E-state index contributed by atoms with van der Waals surface area (Å²) in [6, 6.07) is 23.3. The van der Waals surface area contributed by atoms with Crippen LogP contribution in [0, 0.1) is 13.8 Å². The predicted molar refractivity (Wildman–Crippen MR) is 114 cm³/mol. The number of rotatable bonds is 3. The summed E-state index contributed by atoms with van der Waals surface area (Å²) in [5.74, 6) is -1.49. The molecule has 1 fully saturated rings. The van der Waals surface area contributed by atoms with Gasteiger partial charge in [0.15, 0.2) is 0 Å². The van der Waals surface area contributed by atoms with Crippen LogP contribution >= 0.6 is 0 Å². The topological polar surface area (TPSA) is 57.6 Å². The molecule has 4 nitrogen and oxygen atoms in total. The van der Waals surface area contributed by atoms with Gasteiger partial charge in [0.1, 0.15) is 5.76 Å². The summed E-state index contributed by atoms with van der Waals surface area (Å²) >= 11 is 0. The lowest BCUT2D eigenvalue weighted by Gasteiger charge is -2.25. The van der Waals surface area contributed by atoms with Crippen molar-refractivity contribution in [1.82, 2.24) is 0 Å². The van der Waals surface area contributed by atoms with Crippen molar-refractivity contribution in [3.63, 3.8) is 0 Å². The van der Waals surface area contributed by atoms with Gasteiger partial charge in [-0.1, -0.05) is 77.9 Å². The van der Waals surface area contributed by atoms with E-state index in [4.69, 9.17) is 0 Å². The second-order valence-corrected chi connectivity index (χ2v) is 7.28. The number of aryl methyl sites for hydroxylation is 2. The first kappa shape index (κ1) is 18.7. The Kier molecular flexibility index (Phi) is 4.77. The van der Waals surface area contributed by atoms with Crippen LogP contribution in [0.4, 0.5) is 5.69 Å². The Morgan fingerprint density at radius 2 is 1.34 bits per heavy atom. The molecule has 1 amide bonds. The van der Waals surface area contributed by atoms with Crippen LogP contribution < -0.4 is 4.90 Å². The maximum absolute atomic E-state index is 13.0. The van der Waals surface area contributed by atoms with Gasteiger partial charge >= 0.3 is 0 Å². The molecule has 0 saturated carbocycles. The number of carbonyl (C=O) groups is 2. The second-order valence-electron chi connectivity index (χ2n) is 7.28. The van der Waals surface area contributed by atoms with Crippen molar-refractivity contribution in [2.75, 3.05) is 4.90 Å². The summed E-state index contributed by atoms with van der Waals surface area (Å²) in [6.07, 6.45) is 0. The highest BCUT2D eigenvalue weighted by molar-refractivity contribution is 6.51. The zero-order chi connectivity index (χ0) is 20.5. The maximum atomic E-state index is 13.0. The van der Waals surface area contributed by atoms with Gasteiger partial charge < -0.3 is 5.11 Å². The van der Waals surface area contributed by atoms with Gasteiger partial charge in [0, 0.05) is 11.3 Å². The van der Waals surface area contributed by atoms with E-state index >= 15 is 0 Å². The SMILES string of the molecule is Cc1ccc(/C(O)=C2\C(=O)C(=O)N(c3ccccc3)[C@@H]2c2ccc(C)cc2)cc1. The molecule has 0 unspecified atom stereocenters. The normalized spacial score (nSPS) is 18.3. The summed E-state index contributed by atoms with van der Waals surface area (Å²) in [6.45, 7) is 3.93. The Balaban J connectivity index is 1.94. The molecule has 1 heterocycles. The second kappa shape index (κ2) is 7.40. The molecule has 0 aromatic heterocycles. The molecule has 1 N–H and O–H groups in total. The number of benzene rings is 3. The van der Waals surface area contributed by atoms with Crippen LogP contribution in [-0.2, 0) is 9.59 Å². The van der Waals surface area contributed by atoms with Crippen molar-refractivity contribution in [3.8, 4) is 0 Å². The number of para-hydroxylation sites is 1. The van der Waals surface area contributed by atoms with Crippen molar-refractivity contribution in [1.29, 1.82) is 0 Å². The van der Waals surface area contributed by atoms with Crippen LogP contribution in [0.5, 0.6) is 0 Å². The average molecular weight is 383 g/mol. The Morgan fingerprint density at radius 1 is 0.793 bits per heavy atom. The quantitative estimate of drug-likeness (QED) is 0.396. The minimum atomic E-state index is -0.695. The highest BCUT2D eigenvalue weighted by Crippen LogP contribution is 2.42. The lowest BCUT2D eigenvalue weighted by atomic mass is 9.94. The van der Waals surface area contributed by atoms with Gasteiger partial charge in [0.05, 0.1) is 11.6 Å². The zero-order valence-electron chi connectivity index (χ0n) is 16.3. The standard InChI is InChI=1S/C25H21NO3/c1-16-8-12-18(13-9-16)22-21(23(27)19-14-10-17(2)11-15-19)24(28)25(29)26(22)20-6-4-3-5-7-20/h3-15,22,27H,1-2H3/b23-21+/t22-/m1/s1. The first-order chi connectivity index (χ1) is 14.0. The molecular formula is C25H21NO3. The molecule has 29 heavy (non-hydrogen) atoms. The molecule has 3 aromatic carbocycles. The van der Waals surface area contributed by atoms with E-state index in [0.29, 0.717) is 11.3 Å². The molecule has 0 bridgehead atoms. The number of hydrogen-bond acceptors (Lipinski definition) is 3. The molecule has 4 rings (SSSR count). The minimum absolute atomic E-state index is 0.103. The summed E-state index contributed by atoms with van der Waals surface area (Å²) < 4.78 is 0. The zero-order valence-corrected chi connectivity index (χ0v) is 16.3. The number of amides is 1. The number of ketones is 1. The summed E-state index contributed by atoms with van der Waals surface area (Å²) in [4.78, 5) is 27.5. The minimum Gasteiger partial charge on any atom is -0.507 e. The van der Waals surface area contributed by atoms with E-state index < -0.39 is 17.7 Å². The fourth-order valence-electron chi connectivity index (χ4n) is 3.62. The lowest BCUT2D eigenvalue weighted by Crippen LogP contribution is -2.29. The fourth-order valence-corrected chi connectivity index (χ4v) is 3.62. The number of nitrogens with zero attached hydrogens (tertiary/aromatic N) is 1. The van der Waals surface area contributed by atoms with E-state index in [1.54, 1.807) is 24.3 Å². The number of anilines is 1. The molecular weight excluding hydrogens is 362 g/mol. The average Bonchev–Trinajstić information content (AvgIpc) is 3.00. The van der Waals surface area contributed by atoms with Crippen LogP contribution in [0.2, 0.25) is 0 Å². The van der Waals surface area contributed by atoms with Gasteiger partial charge in [-0.05, 0) is 31.5 Å². The van der Waals surface area contributed by atoms with E-state index in [0.717, 1.165) is 16.7 Å². The fraction of sp³-hybridized carbons (Fsp3) is 0.120. The Morgan fingerprint density at radius 3 is 1.93 bits per heavy atom. The third kappa shape index (κ3) is 3.34. The van der Waals surface area contributed by atoms with Crippen molar-refractivity contribution in [2.24, 2.45) is 0 Å². The smallest absolute Gasteiger partial charge is 0.300 e. The van der Waals surface area contributed by atoms with Crippen LogP contribution in [0.25, 0.3) is 5.76 Å². The maximum Gasteiger partial charge on any atom is 0.300 e. The van der Waals surface area contributed by atoms with Crippen LogP contribution in [0.1, 0.15) is 28.3 Å². The number of Topliss-reactive ketones (excluding diaryl/α,β-unsaturated/α-hetero) is 1. The van der Waals surface area contributed by atoms with Gasteiger partial charge in [-0.3, -0.25) is 14.5 Å². The molecule has 0 aliphatic carbocycles. The van der Waals surface area contributed by atoms with Crippen molar-refractivity contribution >= 4 is 23.1 Å². The number of aliphatic hydroxyl groups excluding tert-OH is 1. The molecule has 144 valence electrons. The number of aliphatic hydroxyl groups is 1. The lowest BCUT2D eigenvalue weighted by molar-refractivity contribution is -0.132. The molecule has 1 aliphatic heterocycles. The largest absolute Gasteiger partial charge is 0.507 e. The molecule has 1 saturated heterocycles. The number of carbonyl (C=O) groups excluding carboxylic acids is 2. The first-order valence-corrected chi connectivity index (χ1v) is 9.47. The Hall–Kier alpha value is -3.66. The molecule has 1 aliphatic rings. The molecule has 1 atom stereocenters. The number of hydrogen-bond donors (Lipinski definition) is 1. The first-order valence-electron chi connectivity index (χ1n) is 9.47. The van der Waals surface area contributed by atoms with Gasteiger partial charge in [-0.2, -0.15) is 0 Å². The van der Waals surface area contributed by atoms with E-state index in [9.17, 15) is 14.7 Å². The van der Waals surface area contributed by atoms with Crippen LogP contribution in [-0.4, -0.2) is 16.8 Å². The summed E-state index contributed by atoms with van der Waals surface area (Å²) in [5, 5.41) is 11.0. The monoisotopic (exact) mass is 383 g/mol. The third-order valence-corrected chi connectivity index (χ3v) is 5.20. The van der Waals surface area contributed by atoms with Gasteiger partial charge in [-0.25, -0.2) is 0 Å². The van der Waals surface area contributed by atoms with E-state index in [-0.39, 0.29) is 11.3 Å². The molecule has 3 aromatic rings. The van der Waals surface area contributed by atoms with E-state index in [2.05, 4.69) is 0 Å². The van der Waals surface area contributed by atoms with Crippen molar-refractivity contribution in [3.05, 3.63) is 107 Å². The van der Waals surface area contributed by atoms with Gasteiger partial charge in [0.2, 0.25) is 0 Å². The summed E-state index contributed by atoms with van der Waals surface area (Å²) in [7, 11) is 0. The highest BCUT2D eigenvalue weighted by atomic mass is 16.3. The van der Waals surface area contributed by atoms with Gasteiger partial charge in [-0.15, -0.1) is 0 Å². The highest BCUT2D eigenvalue weighted by Gasteiger charge is 2.46. The van der Waals surface area contributed by atoms with Crippen molar-refractivity contribution < 1.29 is 14.7 Å². The third-order valence-electron chi connectivity index (χ3n) is 5.20. The summed E-state index contributed by atoms with van der Waals surface area (Å²) in [5.41, 5.74) is 4.12. The molecule has 0 spiro atoms. The van der Waals surface area contributed by atoms with E-state index in [1.807, 2.05) is 68.4 Å². The molecule has 4 heteroatoms. The predicted octanol–water partition coefficient (Wildman–Crippen LogP) is 4.93. The Bertz CT molecular complexity index is 1100. The van der Waals surface area contributed by atoms with Crippen molar-refractivity contribution in [2.45, 2.75) is 19.9 Å². The van der Waals surface area contributed by atoms with Crippen LogP contribution in [0.3, 0.4) is 0 Å². The molecule has 0 radical (unpaired) electrons. The van der Waals surface area contributed by atoms with E-state index in [1.165, 1.54) is 4.90 Å². The Labute approximate surface area is 169 Å². The van der Waals surface area contributed by atoms with Gasteiger partial charge in [0.25, 0.3) is 11.7 Å². The van der Waals surface area contributed by atoms with Crippen LogP contribution in [0.15, 0.2) is 84.4 Å².